The number of nitrogens with zero attached hydrogens (tertiary/aromatic N) is 2. The second-order valence-electron chi connectivity index (χ2n) is 5.79. The fraction of sp³-hybridized carbons (Fsp3) is 0.667. The van der Waals surface area contributed by atoms with E-state index in [1.54, 1.807) is 11.8 Å². The summed E-state index contributed by atoms with van der Waals surface area (Å²) >= 11 is 4.95. The van der Waals surface area contributed by atoms with E-state index in [-0.39, 0.29) is 11.8 Å². The van der Waals surface area contributed by atoms with Crippen LogP contribution in [0.15, 0.2) is 17.3 Å². The predicted molar refractivity (Wildman–Crippen MR) is 137 cm³/mol. The Morgan fingerprint density at radius 1 is 1.03 bits per heavy atom. The highest BCUT2D eigenvalue weighted by atomic mass is 32.1. The van der Waals surface area contributed by atoms with Gasteiger partial charge in [-0.25, -0.2) is 8.78 Å². The number of halogens is 2. The number of hydrogen-bond acceptors (Lipinski definition) is 5. The van der Waals surface area contributed by atoms with Crippen molar-refractivity contribution in [3.8, 4) is 0 Å². The maximum Gasteiger partial charge on any atom is 0.150 e. The van der Waals surface area contributed by atoms with Crippen LogP contribution in [0, 0.1) is 11.6 Å². The van der Waals surface area contributed by atoms with Crippen molar-refractivity contribution < 1.29 is 18.4 Å². The van der Waals surface area contributed by atoms with Gasteiger partial charge in [-0.3, -0.25) is 0 Å². The van der Waals surface area contributed by atoms with Crippen molar-refractivity contribution in [3.63, 3.8) is 0 Å². The van der Waals surface area contributed by atoms with Gasteiger partial charge in [0.2, 0.25) is 0 Å². The number of morpholine rings is 1. The molecule has 2 aliphatic heterocycles. The molecule has 2 aliphatic rings. The lowest BCUT2D eigenvalue weighted by molar-refractivity contribution is 0.0887. The highest BCUT2D eigenvalue weighted by Gasteiger charge is 2.26. The molecule has 0 amide bonds. The summed E-state index contributed by atoms with van der Waals surface area (Å²) in [5, 5.41) is 6.96. The second-order valence-corrected chi connectivity index (χ2v) is 6.41. The Morgan fingerprint density at radius 2 is 1.53 bits per heavy atom. The number of thiocarbonyl (C=S) groups is 1. The molecule has 0 saturated carbocycles. The van der Waals surface area contributed by atoms with Crippen molar-refractivity contribution in [2.75, 3.05) is 37.7 Å². The van der Waals surface area contributed by atoms with Crippen LogP contribution in [-0.2, 0) is 9.57 Å². The fourth-order valence-corrected chi connectivity index (χ4v) is 2.87. The molecule has 32 heavy (non-hydrogen) atoms. The summed E-state index contributed by atoms with van der Waals surface area (Å²) in [5.74, 6) is -1.18. The van der Waals surface area contributed by atoms with Crippen LogP contribution in [0.3, 0.4) is 0 Å². The molecule has 8 heteroatoms. The van der Waals surface area contributed by atoms with Gasteiger partial charge in [-0.05, 0) is 19.1 Å². The van der Waals surface area contributed by atoms with E-state index in [0.29, 0.717) is 55.5 Å². The molecule has 0 radical (unpaired) electrons. The summed E-state index contributed by atoms with van der Waals surface area (Å²) in [7, 11) is 0. The van der Waals surface area contributed by atoms with E-state index >= 15 is 0 Å². The highest BCUT2D eigenvalue weighted by molar-refractivity contribution is 7.80. The molecule has 2 heterocycles. The molecule has 1 saturated heterocycles. The van der Waals surface area contributed by atoms with Gasteiger partial charge < -0.3 is 19.8 Å². The van der Waals surface area contributed by atoms with Crippen LogP contribution in [0.2, 0.25) is 0 Å². The molecule has 0 aromatic heterocycles. The predicted octanol–water partition coefficient (Wildman–Crippen LogP) is 6.34. The topological polar surface area (TPSA) is 46.1 Å². The summed E-state index contributed by atoms with van der Waals surface area (Å²) in [5.41, 5.74) is 0.940. The quantitative estimate of drug-likeness (QED) is 0.515. The van der Waals surface area contributed by atoms with Gasteiger partial charge in [0.15, 0.2) is 0 Å². The van der Waals surface area contributed by atoms with E-state index in [0.717, 1.165) is 0 Å². The lowest BCUT2D eigenvalue weighted by Gasteiger charge is -2.29. The summed E-state index contributed by atoms with van der Waals surface area (Å²) in [6, 6.07) is 2.63. The summed E-state index contributed by atoms with van der Waals surface area (Å²) in [6.07, 6.45) is 0.286. The van der Waals surface area contributed by atoms with Crippen LogP contribution in [0.4, 0.5) is 14.5 Å². The third-order valence-corrected chi connectivity index (χ3v) is 4.13. The Bertz CT molecular complexity index is 644. The molecule has 1 fully saturated rings. The van der Waals surface area contributed by atoms with Crippen LogP contribution in [-0.4, -0.2) is 49.7 Å². The molecule has 1 unspecified atom stereocenters. The maximum atomic E-state index is 14.5. The first-order chi connectivity index (χ1) is 15.5. The van der Waals surface area contributed by atoms with Gasteiger partial charge in [-0.15, -0.1) is 0 Å². The SMILES string of the molecule is CC.CC.CC.CC.CC(=S)NCC1CC(c2cc(F)c(N3CCOCC3)c(F)c2)=NO1. The third-order valence-electron chi connectivity index (χ3n) is 3.99. The van der Waals surface area contributed by atoms with Crippen molar-refractivity contribution in [1.29, 1.82) is 0 Å². The third kappa shape index (κ3) is 10.7. The van der Waals surface area contributed by atoms with Gasteiger partial charge in [0.1, 0.15) is 23.4 Å². The number of oxime groups is 1. The van der Waals surface area contributed by atoms with E-state index < -0.39 is 11.6 Å². The van der Waals surface area contributed by atoms with Crippen LogP contribution >= 0.6 is 12.2 Å². The van der Waals surface area contributed by atoms with Crippen LogP contribution in [0.25, 0.3) is 0 Å². The van der Waals surface area contributed by atoms with Gasteiger partial charge in [-0.2, -0.15) is 0 Å². The van der Waals surface area contributed by atoms with Gasteiger partial charge in [0, 0.05) is 25.1 Å². The molecule has 1 N–H and O–H groups in total. The average Bonchev–Trinajstić information content (AvgIpc) is 3.32. The summed E-state index contributed by atoms with van der Waals surface area (Å²) in [6.45, 7) is 20.2. The lowest BCUT2D eigenvalue weighted by Crippen LogP contribution is -2.37. The second kappa shape index (κ2) is 19.9. The van der Waals surface area contributed by atoms with Crippen molar-refractivity contribution in [2.45, 2.75) is 74.8 Å². The fourth-order valence-electron chi connectivity index (χ4n) is 2.79. The van der Waals surface area contributed by atoms with Gasteiger partial charge in [-0.1, -0.05) is 72.8 Å². The zero-order chi connectivity index (χ0) is 25.1. The maximum absolute atomic E-state index is 14.5. The standard InChI is InChI=1S/C16H19F2N3O2S.4C2H6/c1-10(24)19-9-12-8-15(20-23-12)11-6-13(17)16(14(18)7-11)21-2-4-22-5-3-21;4*1-2/h6-7,12H,2-5,8-9H2,1H3,(H,19,24);4*1-2H3. The highest BCUT2D eigenvalue weighted by Crippen LogP contribution is 2.27. The molecule has 1 atom stereocenters. The molecule has 1 aromatic carbocycles. The van der Waals surface area contributed by atoms with Crippen LogP contribution in [0.1, 0.15) is 74.3 Å². The lowest BCUT2D eigenvalue weighted by atomic mass is 10.0. The normalized spacial score (nSPS) is 16.2. The van der Waals surface area contributed by atoms with Gasteiger partial charge in [0.25, 0.3) is 0 Å². The molecule has 1 aromatic rings. The average molecular weight is 476 g/mol. The van der Waals surface area contributed by atoms with E-state index in [1.165, 1.54) is 12.1 Å². The van der Waals surface area contributed by atoms with Crippen molar-refractivity contribution >= 4 is 28.6 Å². The van der Waals surface area contributed by atoms with E-state index in [2.05, 4.69) is 10.5 Å². The minimum Gasteiger partial charge on any atom is -0.390 e. The van der Waals surface area contributed by atoms with E-state index in [9.17, 15) is 8.78 Å². The number of rotatable bonds is 4. The Labute approximate surface area is 199 Å². The van der Waals surface area contributed by atoms with E-state index in [1.807, 2.05) is 55.4 Å². The largest absolute Gasteiger partial charge is 0.390 e. The first kappa shape index (κ1) is 32.4. The van der Waals surface area contributed by atoms with Crippen molar-refractivity contribution in [1.82, 2.24) is 5.32 Å². The smallest absolute Gasteiger partial charge is 0.150 e. The van der Waals surface area contributed by atoms with Crippen molar-refractivity contribution in [3.05, 3.63) is 29.3 Å². The molecular weight excluding hydrogens is 432 g/mol. The van der Waals surface area contributed by atoms with Crippen LogP contribution in [0.5, 0.6) is 0 Å². The molecule has 186 valence electrons. The van der Waals surface area contributed by atoms with Crippen molar-refractivity contribution in [2.24, 2.45) is 5.16 Å². The number of ether oxygens (including phenoxy) is 1. The molecular formula is C24H43F2N3O2S. The van der Waals surface area contributed by atoms with Gasteiger partial charge >= 0.3 is 0 Å². The number of anilines is 1. The Morgan fingerprint density at radius 3 is 2.00 bits per heavy atom. The molecule has 5 nitrogen and oxygen atoms in total. The number of benzene rings is 1. The first-order valence-corrected chi connectivity index (χ1v) is 12.2. The molecule has 0 spiro atoms. The Kier molecular flexibility index (Phi) is 20.1. The number of hydrogen-bond donors (Lipinski definition) is 1. The number of nitrogens with one attached hydrogen (secondary N) is 1. The zero-order valence-corrected chi connectivity index (χ0v) is 22.2. The zero-order valence-electron chi connectivity index (χ0n) is 21.3. The summed E-state index contributed by atoms with van der Waals surface area (Å²) in [4.78, 5) is 7.62. The Hall–Kier alpha value is -1.80. The summed E-state index contributed by atoms with van der Waals surface area (Å²) < 4.78 is 34.1. The van der Waals surface area contributed by atoms with Gasteiger partial charge in [0.05, 0.1) is 30.5 Å². The Balaban J connectivity index is 0. The van der Waals surface area contributed by atoms with Crippen LogP contribution < -0.4 is 10.2 Å². The minimum atomic E-state index is -0.592. The minimum absolute atomic E-state index is 0.00360. The monoisotopic (exact) mass is 475 g/mol. The molecule has 0 bridgehead atoms. The molecule has 3 rings (SSSR count). The van der Waals surface area contributed by atoms with E-state index in [4.69, 9.17) is 21.8 Å². The molecule has 0 aliphatic carbocycles. The first-order valence-electron chi connectivity index (χ1n) is 11.8.